The number of hydrogen-bond donors (Lipinski definition) is 1. The van der Waals surface area contributed by atoms with E-state index in [2.05, 4.69) is 36.5 Å². The van der Waals surface area contributed by atoms with Crippen LogP contribution in [0.2, 0.25) is 0 Å². The first-order valence-corrected chi connectivity index (χ1v) is 8.12. The van der Waals surface area contributed by atoms with Gasteiger partial charge < -0.3 is 10.1 Å². The Morgan fingerprint density at radius 1 is 1.25 bits per heavy atom. The number of hydrogen-bond acceptors (Lipinski definition) is 2. The van der Waals surface area contributed by atoms with Crippen LogP contribution in [0.15, 0.2) is 24.3 Å². The third kappa shape index (κ3) is 2.85. The van der Waals surface area contributed by atoms with E-state index >= 15 is 0 Å². The van der Waals surface area contributed by atoms with E-state index < -0.39 is 0 Å². The number of nitrogens with one attached hydrogen (secondary N) is 1. The van der Waals surface area contributed by atoms with Gasteiger partial charge in [-0.3, -0.25) is 0 Å². The van der Waals surface area contributed by atoms with Crippen molar-refractivity contribution in [3.05, 3.63) is 29.8 Å². The molecule has 0 saturated heterocycles. The largest absolute Gasteiger partial charge is 0.496 e. The van der Waals surface area contributed by atoms with Crippen molar-refractivity contribution in [2.45, 2.75) is 57.4 Å². The van der Waals surface area contributed by atoms with E-state index in [1.807, 2.05) is 0 Å². The smallest absolute Gasteiger partial charge is 0.122 e. The van der Waals surface area contributed by atoms with Crippen LogP contribution < -0.4 is 10.1 Å². The van der Waals surface area contributed by atoms with Gasteiger partial charge in [0.25, 0.3) is 0 Å². The maximum atomic E-state index is 5.47. The molecule has 2 aliphatic carbocycles. The van der Waals surface area contributed by atoms with Gasteiger partial charge in [-0.25, -0.2) is 0 Å². The average molecular weight is 273 g/mol. The molecular formula is C18H27NO. The number of methoxy groups -OCH3 is 1. The summed E-state index contributed by atoms with van der Waals surface area (Å²) >= 11 is 0. The van der Waals surface area contributed by atoms with Crippen LogP contribution >= 0.6 is 0 Å². The van der Waals surface area contributed by atoms with Crippen molar-refractivity contribution >= 4 is 0 Å². The van der Waals surface area contributed by atoms with Crippen molar-refractivity contribution in [3.8, 4) is 5.75 Å². The van der Waals surface area contributed by atoms with Crippen LogP contribution in [0, 0.1) is 5.41 Å². The summed E-state index contributed by atoms with van der Waals surface area (Å²) in [5.41, 5.74) is 2.06. The molecule has 2 fully saturated rings. The van der Waals surface area contributed by atoms with Crippen molar-refractivity contribution in [2.75, 3.05) is 13.7 Å². The van der Waals surface area contributed by atoms with Crippen molar-refractivity contribution in [1.29, 1.82) is 0 Å². The van der Waals surface area contributed by atoms with Crippen LogP contribution in [0.4, 0.5) is 0 Å². The van der Waals surface area contributed by atoms with Crippen LogP contribution in [0.25, 0.3) is 0 Å². The number of para-hydroxylation sites is 1. The molecule has 20 heavy (non-hydrogen) atoms. The molecule has 0 bridgehead atoms. The topological polar surface area (TPSA) is 21.3 Å². The molecule has 2 saturated carbocycles. The lowest BCUT2D eigenvalue weighted by Crippen LogP contribution is -2.42. The molecule has 110 valence electrons. The molecule has 0 unspecified atom stereocenters. The van der Waals surface area contributed by atoms with Crippen molar-refractivity contribution in [2.24, 2.45) is 5.41 Å². The lowest BCUT2D eigenvalue weighted by molar-refractivity contribution is 0.261. The number of rotatable bonds is 7. The second kappa shape index (κ2) is 5.77. The molecule has 2 nitrogen and oxygen atoms in total. The molecule has 0 amide bonds. The molecule has 0 aliphatic heterocycles. The molecule has 3 rings (SSSR count). The summed E-state index contributed by atoms with van der Waals surface area (Å²) in [5.74, 6) is 1.74. The Labute approximate surface area is 122 Å². The quantitative estimate of drug-likeness (QED) is 0.807. The van der Waals surface area contributed by atoms with Gasteiger partial charge in [0, 0.05) is 12.6 Å². The first kappa shape index (κ1) is 13.9. The van der Waals surface area contributed by atoms with Gasteiger partial charge in [0.05, 0.1) is 7.11 Å². The lowest BCUT2D eigenvalue weighted by Gasteiger charge is -2.38. The van der Waals surface area contributed by atoms with Crippen molar-refractivity contribution in [3.63, 3.8) is 0 Å². The number of benzene rings is 1. The van der Waals surface area contributed by atoms with Crippen LogP contribution in [-0.2, 0) is 0 Å². The summed E-state index contributed by atoms with van der Waals surface area (Å²) in [4.78, 5) is 0. The van der Waals surface area contributed by atoms with E-state index in [-0.39, 0.29) is 0 Å². The maximum Gasteiger partial charge on any atom is 0.122 e. The van der Waals surface area contributed by atoms with Crippen molar-refractivity contribution < 1.29 is 4.74 Å². The summed E-state index contributed by atoms with van der Waals surface area (Å²) in [7, 11) is 1.77. The minimum absolute atomic E-state index is 0.671. The molecule has 0 radical (unpaired) electrons. The molecule has 2 aliphatic rings. The Balaban J connectivity index is 1.47. The fraction of sp³-hybridized carbons (Fsp3) is 0.667. The molecule has 0 spiro atoms. The highest BCUT2D eigenvalue weighted by atomic mass is 16.5. The molecule has 0 heterocycles. The normalized spacial score (nSPS) is 26.9. The molecule has 0 aromatic heterocycles. The van der Waals surface area contributed by atoms with Gasteiger partial charge in [-0.1, -0.05) is 31.5 Å². The second-order valence-electron chi connectivity index (χ2n) is 6.74. The third-order valence-corrected chi connectivity index (χ3v) is 5.22. The van der Waals surface area contributed by atoms with E-state index in [1.165, 1.54) is 50.6 Å². The summed E-state index contributed by atoms with van der Waals surface area (Å²) < 4.78 is 5.47. The Bertz CT molecular complexity index is 446. The van der Waals surface area contributed by atoms with E-state index in [1.54, 1.807) is 7.11 Å². The molecule has 1 N–H and O–H groups in total. The predicted molar refractivity (Wildman–Crippen MR) is 83.3 cm³/mol. The Morgan fingerprint density at radius 3 is 2.65 bits per heavy atom. The highest BCUT2D eigenvalue weighted by Gasteiger charge is 2.42. The lowest BCUT2D eigenvalue weighted by atomic mass is 9.75. The van der Waals surface area contributed by atoms with Gasteiger partial charge in [-0.05, 0) is 55.1 Å². The molecule has 1 aromatic carbocycles. The van der Waals surface area contributed by atoms with E-state index in [0.29, 0.717) is 11.3 Å². The average Bonchev–Trinajstić information content (AvgIpc) is 3.18. The molecular weight excluding hydrogens is 246 g/mol. The van der Waals surface area contributed by atoms with Crippen LogP contribution in [0.5, 0.6) is 5.75 Å². The van der Waals surface area contributed by atoms with Crippen LogP contribution in [0.1, 0.15) is 56.9 Å². The monoisotopic (exact) mass is 273 g/mol. The first-order chi connectivity index (χ1) is 9.76. The van der Waals surface area contributed by atoms with Gasteiger partial charge in [-0.2, -0.15) is 0 Å². The molecule has 2 heteroatoms. The van der Waals surface area contributed by atoms with Gasteiger partial charge >= 0.3 is 0 Å². The Morgan fingerprint density at radius 2 is 2.00 bits per heavy atom. The second-order valence-corrected chi connectivity index (χ2v) is 6.74. The fourth-order valence-electron chi connectivity index (χ4n) is 3.63. The predicted octanol–water partition coefficient (Wildman–Crippen LogP) is 4.11. The zero-order valence-corrected chi connectivity index (χ0v) is 12.8. The van der Waals surface area contributed by atoms with E-state index in [0.717, 1.165) is 11.8 Å². The van der Waals surface area contributed by atoms with Gasteiger partial charge in [0.2, 0.25) is 0 Å². The minimum atomic E-state index is 0.671. The Kier molecular flexibility index (Phi) is 4.02. The highest BCUT2D eigenvalue weighted by molar-refractivity contribution is 5.37. The summed E-state index contributed by atoms with van der Waals surface area (Å²) in [6.45, 7) is 3.55. The Hall–Kier alpha value is -1.02. The van der Waals surface area contributed by atoms with E-state index in [4.69, 9.17) is 4.74 Å². The summed E-state index contributed by atoms with van der Waals surface area (Å²) in [6, 6.07) is 9.20. The summed E-state index contributed by atoms with van der Waals surface area (Å²) in [5, 5.41) is 3.80. The van der Waals surface area contributed by atoms with Crippen LogP contribution in [0.3, 0.4) is 0 Å². The zero-order chi connectivity index (χ0) is 14.0. The third-order valence-electron chi connectivity index (χ3n) is 5.22. The van der Waals surface area contributed by atoms with Crippen molar-refractivity contribution in [1.82, 2.24) is 5.32 Å². The van der Waals surface area contributed by atoms with Gasteiger partial charge in [0.15, 0.2) is 0 Å². The zero-order valence-electron chi connectivity index (χ0n) is 12.8. The fourth-order valence-corrected chi connectivity index (χ4v) is 3.63. The highest BCUT2D eigenvalue weighted by Crippen LogP contribution is 2.49. The van der Waals surface area contributed by atoms with E-state index in [9.17, 15) is 0 Å². The summed E-state index contributed by atoms with van der Waals surface area (Å²) in [6.07, 6.45) is 8.15. The molecule has 1 aromatic rings. The minimum Gasteiger partial charge on any atom is -0.496 e. The molecule has 0 atom stereocenters. The standard InChI is InChI=1S/C18H27NO/c1-3-8-18(9-10-18)13-19-15-11-14(12-15)16-6-4-5-7-17(16)20-2/h4-7,14-15,19H,3,8-13H2,1-2H3. The first-order valence-electron chi connectivity index (χ1n) is 8.12. The van der Waals surface area contributed by atoms with Crippen LogP contribution in [-0.4, -0.2) is 19.7 Å². The van der Waals surface area contributed by atoms with Gasteiger partial charge in [-0.15, -0.1) is 0 Å². The van der Waals surface area contributed by atoms with Gasteiger partial charge in [0.1, 0.15) is 5.75 Å². The number of ether oxygens (including phenoxy) is 1. The maximum absolute atomic E-state index is 5.47. The SMILES string of the molecule is CCCC1(CNC2CC(c3ccccc3OC)C2)CC1.